The maximum atomic E-state index is 12.6. The lowest BCUT2D eigenvalue weighted by molar-refractivity contribution is -0.163. The van der Waals surface area contributed by atoms with Gasteiger partial charge in [0.15, 0.2) is 11.4 Å². The molecule has 0 unspecified atom stereocenters. The van der Waals surface area contributed by atoms with Crippen molar-refractivity contribution in [1.82, 2.24) is 0 Å². The third kappa shape index (κ3) is 5.34. The van der Waals surface area contributed by atoms with Gasteiger partial charge in [-0.1, -0.05) is 12.1 Å². The van der Waals surface area contributed by atoms with Crippen LogP contribution >= 0.6 is 0 Å². The molecule has 2 rings (SSSR count). The molecule has 0 saturated carbocycles. The number of hydrogen-bond acceptors (Lipinski definition) is 4. The molecule has 28 heavy (non-hydrogen) atoms. The van der Waals surface area contributed by atoms with Gasteiger partial charge in [0.25, 0.3) is 0 Å². The molecule has 150 valence electrons. The zero-order chi connectivity index (χ0) is 21.1. The van der Waals surface area contributed by atoms with Crippen LogP contribution in [0.5, 0.6) is 5.75 Å². The molecule has 4 nitrogen and oxygen atoms in total. The molecule has 0 heterocycles. The Bertz CT molecular complexity index is 835. The van der Waals surface area contributed by atoms with Gasteiger partial charge in [0.2, 0.25) is 0 Å². The van der Waals surface area contributed by atoms with E-state index in [-0.39, 0.29) is 17.2 Å². The molecular weight excluding hydrogens is 373 g/mol. The quantitative estimate of drug-likeness (QED) is 0.509. The number of carbonyl (C=O) groups excluding carboxylic acids is 2. The SMILES string of the molecule is CC(C)OC(=O)C(C)(C)Oc1ccc(C(=O)c2ccc(C(F)(F)F)cc2)cc1. The molecule has 0 radical (unpaired) electrons. The maximum absolute atomic E-state index is 12.6. The second-order valence-corrected chi connectivity index (χ2v) is 7.00. The van der Waals surface area contributed by atoms with Crippen molar-refractivity contribution in [1.29, 1.82) is 0 Å². The summed E-state index contributed by atoms with van der Waals surface area (Å²) in [5.41, 5.74) is -1.61. The zero-order valence-electron chi connectivity index (χ0n) is 16.0. The number of carbonyl (C=O) groups is 2. The number of hydrogen-bond donors (Lipinski definition) is 0. The van der Waals surface area contributed by atoms with Gasteiger partial charge in [0.05, 0.1) is 11.7 Å². The van der Waals surface area contributed by atoms with E-state index in [9.17, 15) is 22.8 Å². The lowest BCUT2D eigenvalue weighted by Crippen LogP contribution is -2.40. The van der Waals surface area contributed by atoms with Crippen molar-refractivity contribution < 1.29 is 32.2 Å². The van der Waals surface area contributed by atoms with Gasteiger partial charge >= 0.3 is 12.1 Å². The highest BCUT2D eigenvalue weighted by Crippen LogP contribution is 2.29. The monoisotopic (exact) mass is 394 g/mol. The van der Waals surface area contributed by atoms with Crippen LogP contribution < -0.4 is 4.74 Å². The summed E-state index contributed by atoms with van der Waals surface area (Å²) in [6.07, 6.45) is -4.73. The molecule has 2 aromatic rings. The first kappa shape index (κ1) is 21.5. The molecule has 0 aliphatic carbocycles. The number of esters is 1. The standard InChI is InChI=1S/C21H21F3O4/c1-13(2)27-19(26)20(3,4)28-17-11-7-15(8-12-17)18(25)14-5-9-16(10-6-14)21(22,23)24/h5-13H,1-4H3. The summed E-state index contributed by atoms with van der Waals surface area (Å²) in [7, 11) is 0. The van der Waals surface area contributed by atoms with E-state index in [1.165, 1.54) is 24.3 Å². The highest BCUT2D eigenvalue weighted by Gasteiger charge is 2.33. The normalized spacial score (nSPS) is 12.0. The fraction of sp³-hybridized carbons (Fsp3) is 0.333. The summed E-state index contributed by atoms with van der Waals surface area (Å²) < 4.78 is 48.6. The molecule has 0 saturated heterocycles. The Kier molecular flexibility index (Phi) is 6.17. The van der Waals surface area contributed by atoms with Gasteiger partial charge < -0.3 is 9.47 Å². The van der Waals surface area contributed by atoms with Crippen LogP contribution in [0.4, 0.5) is 13.2 Å². The van der Waals surface area contributed by atoms with E-state index < -0.39 is 29.1 Å². The third-order valence-corrected chi connectivity index (χ3v) is 3.80. The summed E-state index contributed by atoms with van der Waals surface area (Å²) in [6, 6.07) is 10.0. The maximum Gasteiger partial charge on any atom is 0.416 e. The first-order valence-corrected chi connectivity index (χ1v) is 8.62. The van der Waals surface area contributed by atoms with Crippen molar-refractivity contribution in [3.63, 3.8) is 0 Å². The lowest BCUT2D eigenvalue weighted by Gasteiger charge is -2.25. The largest absolute Gasteiger partial charge is 0.476 e. The van der Waals surface area contributed by atoms with Crippen LogP contribution in [0.3, 0.4) is 0 Å². The van der Waals surface area contributed by atoms with Gasteiger partial charge in [-0.05, 0) is 64.1 Å². The molecule has 0 N–H and O–H groups in total. The molecule has 0 bridgehead atoms. The van der Waals surface area contributed by atoms with Crippen LogP contribution in [0, 0.1) is 0 Å². The highest BCUT2D eigenvalue weighted by molar-refractivity contribution is 6.09. The third-order valence-electron chi connectivity index (χ3n) is 3.80. The molecule has 0 aliphatic heterocycles. The van der Waals surface area contributed by atoms with E-state index in [0.29, 0.717) is 5.75 Å². The topological polar surface area (TPSA) is 52.6 Å². The van der Waals surface area contributed by atoms with Crippen molar-refractivity contribution in [3.05, 3.63) is 65.2 Å². The van der Waals surface area contributed by atoms with Crippen LogP contribution in [-0.2, 0) is 15.7 Å². The van der Waals surface area contributed by atoms with E-state index in [1.54, 1.807) is 27.7 Å². The van der Waals surface area contributed by atoms with Crippen LogP contribution in [0.2, 0.25) is 0 Å². The number of halogens is 3. The predicted octanol–water partition coefficient (Wildman–Crippen LogP) is 5.05. The zero-order valence-corrected chi connectivity index (χ0v) is 16.0. The van der Waals surface area contributed by atoms with Gasteiger partial charge in [-0.15, -0.1) is 0 Å². The van der Waals surface area contributed by atoms with Gasteiger partial charge in [0, 0.05) is 11.1 Å². The molecule has 0 aromatic heterocycles. The van der Waals surface area contributed by atoms with Crippen LogP contribution in [-0.4, -0.2) is 23.5 Å². The number of ketones is 1. The Morgan fingerprint density at radius 3 is 1.75 bits per heavy atom. The Morgan fingerprint density at radius 1 is 0.857 bits per heavy atom. The average molecular weight is 394 g/mol. The molecule has 0 amide bonds. The number of rotatable bonds is 6. The van der Waals surface area contributed by atoms with Crippen molar-refractivity contribution in [2.45, 2.75) is 45.6 Å². The minimum atomic E-state index is -4.45. The van der Waals surface area contributed by atoms with Gasteiger partial charge in [-0.2, -0.15) is 13.2 Å². The second kappa shape index (κ2) is 8.04. The van der Waals surface area contributed by atoms with E-state index in [0.717, 1.165) is 24.3 Å². The summed E-state index contributed by atoms with van der Waals surface area (Å²) in [6.45, 7) is 6.60. The Balaban J connectivity index is 2.11. The van der Waals surface area contributed by atoms with Gasteiger partial charge in [-0.3, -0.25) is 4.79 Å². The highest BCUT2D eigenvalue weighted by atomic mass is 19.4. The minimum Gasteiger partial charge on any atom is -0.476 e. The Hall–Kier alpha value is -2.83. The van der Waals surface area contributed by atoms with Crippen molar-refractivity contribution in [2.75, 3.05) is 0 Å². The van der Waals surface area contributed by atoms with Crippen molar-refractivity contribution >= 4 is 11.8 Å². The van der Waals surface area contributed by atoms with E-state index >= 15 is 0 Å². The minimum absolute atomic E-state index is 0.141. The summed E-state index contributed by atoms with van der Waals surface area (Å²) in [4.78, 5) is 24.5. The average Bonchev–Trinajstić information content (AvgIpc) is 2.60. The lowest BCUT2D eigenvalue weighted by atomic mass is 10.0. The smallest absolute Gasteiger partial charge is 0.416 e. The fourth-order valence-electron chi connectivity index (χ4n) is 2.34. The van der Waals surface area contributed by atoms with Gasteiger partial charge in [-0.25, -0.2) is 4.79 Å². The summed E-state index contributed by atoms with van der Waals surface area (Å²) in [5.74, 6) is -0.583. The molecule has 0 spiro atoms. The first-order chi connectivity index (χ1) is 12.9. The second-order valence-electron chi connectivity index (χ2n) is 7.00. The number of ether oxygens (including phenoxy) is 2. The molecule has 0 atom stereocenters. The molecule has 2 aromatic carbocycles. The Morgan fingerprint density at radius 2 is 1.32 bits per heavy atom. The summed E-state index contributed by atoms with van der Waals surface area (Å²) in [5, 5.41) is 0. The van der Waals surface area contributed by atoms with Gasteiger partial charge in [0.1, 0.15) is 5.75 Å². The van der Waals surface area contributed by atoms with E-state index in [4.69, 9.17) is 9.47 Å². The molecule has 0 fully saturated rings. The number of benzene rings is 2. The predicted molar refractivity (Wildman–Crippen MR) is 97.3 cm³/mol. The number of alkyl halides is 3. The Labute approximate surface area is 161 Å². The van der Waals surface area contributed by atoms with Crippen LogP contribution in [0.25, 0.3) is 0 Å². The van der Waals surface area contributed by atoms with Crippen LogP contribution in [0.15, 0.2) is 48.5 Å². The molecule has 7 heteroatoms. The molecule has 0 aliphatic rings. The fourth-order valence-corrected chi connectivity index (χ4v) is 2.34. The van der Waals surface area contributed by atoms with E-state index in [2.05, 4.69) is 0 Å². The van der Waals surface area contributed by atoms with Crippen molar-refractivity contribution in [3.8, 4) is 5.75 Å². The van der Waals surface area contributed by atoms with Crippen molar-refractivity contribution in [2.24, 2.45) is 0 Å². The first-order valence-electron chi connectivity index (χ1n) is 8.62. The van der Waals surface area contributed by atoms with Crippen LogP contribution in [0.1, 0.15) is 49.2 Å². The summed E-state index contributed by atoms with van der Waals surface area (Å²) >= 11 is 0. The molecular formula is C21H21F3O4. The van der Waals surface area contributed by atoms with E-state index in [1.807, 2.05) is 0 Å².